The number of thiocarbonyl (C=S) groups is 1. The molecule has 0 radical (unpaired) electrons. The number of fused-ring (bicyclic) bond motifs is 2. The summed E-state index contributed by atoms with van der Waals surface area (Å²) in [4.78, 5) is 0.774. The molecule has 1 nitrogen and oxygen atoms in total. The highest BCUT2D eigenvalue weighted by Crippen LogP contribution is 2.59. The molecular weight excluding hydrogens is 318 g/mol. The van der Waals surface area contributed by atoms with Gasteiger partial charge in [0, 0.05) is 12.1 Å². The number of rotatable bonds is 5. The highest BCUT2D eigenvalue weighted by atomic mass is 32.2. The lowest BCUT2D eigenvalue weighted by Gasteiger charge is -2.56. The fourth-order valence-corrected chi connectivity index (χ4v) is 6.46. The lowest BCUT2D eigenvalue weighted by molar-refractivity contribution is 0.0659. The molecule has 4 unspecified atom stereocenters. The van der Waals surface area contributed by atoms with Crippen molar-refractivity contribution in [2.24, 2.45) is 17.1 Å². The van der Waals surface area contributed by atoms with Crippen LogP contribution in [-0.2, 0) is 5.41 Å². The van der Waals surface area contributed by atoms with Gasteiger partial charge in [-0.15, -0.1) is 0 Å². The van der Waals surface area contributed by atoms with Gasteiger partial charge < -0.3 is 5.73 Å². The molecule has 2 saturated carbocycles. The van der Waals surface area contributed by atoms with Gasteiger partial charge in [0.25, 0.3) is 0 Å². The topological polar surface area (TPSA) is 26.0 Å². The Labute approximate surface area is 152 Å². The van der Waals surface area contributed by atoms with E-state index in [1.54, 1.807) is 0 Å². The maximum atomic E-state index is 6.31. The predicted octanol–water partition coefficient (Wildman–Crippen LogP) is 5.57. The molecule has 1 aromatic rings. The number of hydrogen-bond acceptors (Lipinski definition) is 2. The molecule has 0 amide bonds. The van der Waals surface area contributed by atoms with E-state index in [0.29, 0.717) is 5.25 Å². The van der Waals surface area contributed by atoms with Crippen LogP contribution in [0.2, 0.25) is 0 Å². The van der Waals surface area contributed by atoms with Crippen molar-refractivity contribution in [2.45, 2.75) is 63.0 Å². The van der Waals surface area contributed by atoms with Gasteiger partial charge >= 0.3 is 0 Å². The molecular formula is C20H31NS2. The molecule has 2 aliphatic carbocycles. The second kappa shape index (κ2) is 6.76. The van der Waals surface area contributed by atoms with Crippen LogP contribution >= 0.6 is 24.0 Å². The maximum absolute atomic E-state index is 6.31. The average Bonchev–Trinajstić information content (AvgIpc) is 2.55. The second-order valence-corrected chi connectivity index (χ2v) is 9.74. The summed E-state index contributed by atoms with van der Waals surface area (Å²) >= 11 is 7.69. The summed E-state index contributed by atoms with van der Waals surface area (Å²) in [5.74, 6) is 1.91. The molecule has 23 heavy (non-hydrogen) atoms. The number of thioether (sulfide) groups is 1. The van der Waals surface area contributed by atoms with Gasteiger partial charge in [-0.25, -0.2) is 0 Å². The molecule has 2 aliphatic rings. The van der Waals surface area contributed by atoms with Crippen molar-refractivity contribution in [1.82, 2.24) is 0 Å². The van der Waals surface area contributed by atoms with E-state index in [4.69, 9.17) is 18.0 Å². The molecule has 128 valence electrons. The molecule has 3 rings (SSSR count). The maximum Gasteiger partial charge on any atom is 0.0790 e. The molecule has 0 heterocycles. The van der Waals surface area contributed by atoms with Gasteiger partial charge in [0.1, 0.15) is 0 Å². The van der Waals surface area contributed by atoms with Gasteiger partial charge in [-0.1, -0.05) is 62.8 Å². The van der Waals surface area contributed by atoms with E-state index in [-0.39, 0.29) is 12.3 Å². The largest absolute Gasteiger partial charge is 0.393 e. The quantitative estimate of drug-likeness (QED) is 0.704. The minimum Gasteiger partial charge on any atom is -0.393 e. The summed E-state index contributed by atoms with van der Waals surface area (Å²) in [6.07, 6.45) is 7.41. The van der Waals surface area contributed by atoms with Crippen LogP contribution in [0.25, 0.3) is 0 Å². The lowest BCUT2D eigenvalue weighted by atomic mass is 9.50. The van der Waals surface area contributed by atoms with Crippen LogP contribution in [0.1, 0.15) is 59.4 Å². The monoisotopic (exact) mass is 349 g/mol. The van der Waals surface area contributed by atoms with E-state index in [9.17, 15) is 0 Å². The number of hydrogen-bond donors (Lipinski definition) is 1. The fourth-order valence-electron chi connectivity index (χ4n) is 5.21. The normalized spacial score (nSPS) is 34.8. The first kappa shape index (κ1) is 17.3. The first-order valence-corrected chi connectivity index (χ1v) is 10.4. The third-order valence-electron chi connectivity index (χ3n) is 6.30. The van der Waals surface area contributed by atoms with E-state index in [2.05, 4.69) is 55.9 Å². The van der Waals surface area contributed by atoms with E-state index in [1.165, 1.54) is 49.8 Å². The zero-order valence-corrected chi connectivity index (χ0v) is 16.0. The summed E-state index contributed by atoms with van der Waals surface area (Å²) in [6.45, 7) is 4.67. The molecule has 0 spiro atoms. The Bertz CT molecular complexity index is 564. The standard InChI is InChI=1S/C20H29NS2.H2/c1-3-23-15(2)16-12-19(17-8-5-4-6-9-17)10-7-11-20(13-16,14-19)18(21)22;/h4-6,8-9,15-16H,3,7,10-14H2,1-2H3,(H2,21,22);1H. The Morgan fingerprint density at radius 1 is 1.35 bits per heavy atom. The van der Waals surface area contributed by atoms with Crippen molar-refractivity contribution in [3.8, 4) is 0 Å². The highest BCUT2D eigenvalue weighted by Gasteiger charge is 2.53. The molecule has 2 bridgehead atoms. The van der Waals surface area contributed by atoms with Crippen molar-refractivity contribution in [3.05, 3.63) is 35.9 Å². The van der Waals surface area contributed by atoms with Crippen molar-refractivity contribution >= 4 is 29.0 Å². The van der Waals surface area contributed by atoms with Crippen LogP contribution in [0, 0.1) is 11.3 Å². The summed E-state index contributed by atoms with van der Waals surface area (Å²) in [7, 11) is 0. The van der Waals surface area contributed by atoms with E-state index in [1.807, 2.05) is 0 Å². The summed E-state index contributed by atoms with van der Waals surface area (Å²) in [6, 6.07) is 11.2. The minimum atomic E-state index is 0. The second-order valence-electron chi connectivity index (χ2n) is 7.65. The molecule has 2 N–H and O–H groups in total. The van der Waals surface area contributed by atoms with Gasteiger partial charge in [0.2, 0.25) is 0 Å². The van der Waals surface area contributed by atoms with Crippen molar-refractivity contribution < 1.29 is 1.43 Å². The van der Waals surface area contributed by atoms with Crippen molar-refractivity contribution in [1.29, 1.82) is 0 Å². The van der Waals surface area contributed by atoms with Crippen LogP contribution in [0.3, 0.4) is 0 Å². The van der Waals surface area contributed by atoms with Gasteiger partial charge in [0.05, 0.1) is 4.99 Å². The SMILES string of the molecule is CCSC(C)C1CC2(C(N)=S)CCCC(c3ccccc3)(C1)C2.[HH]. The van der Waals surface area contributed by atoms with E-state index < -0.39 is 0 Å². The fraction of sp³-hybridized carbons (Fsp3) is 0.650. The Hall–Kier alpha value is -0.540. The lowest BCUT2D eigenvalue weighted by Crippen LogP contribution is -2.53. The van der Waals surface area contributed by atoms with Crippen LogP contribution in [0.4, 0.5) is 0 Å². The van der Waals surface area contributed by atoms with Crippen LogP contribution in [-0.4, -0.2) is 16.0 Å². The molecule has 4 atom stereocenters. The average molecular weight is 350 g/mol. The molecule has 0 saturated heterocycles. The highest BCUT2D eigenvalue weighted by molar-refractivity contribution is 7.99. The Kier molecular flexibility index (Phi) is 5.08. The molecule has 0 aliphatic heterocycles. The summed E-state index contributed by atoms with van der Waals surface area (Å²) in [5.41, 5.74) is 8.20. The Morgan fingerprint density at radius 2 is 2.09 bits per heavy atom. The van der Waals surface area contributed by atoms with Crippen LogP contribution in [0.5, 0.6) is 0 Å². The summed E-state index contributed by atoms with van der Waals surface area (Å²) < 4.78 is 0. The third-order valence-corrected chi connectivity index (χ3v) is 7.97. The van der Waals surface area contributed by atoms with Crippen LogP contribution < -0.4 is 5.73 Å². The number of benzene rings is 1. The van der Waals surface area contributed by atoms with Gasteiger partial charge in [-0.05, 0) is 54.8 Å². The predicted molar refractivity (Wildman–Crippen MR) is 108 cm³/mol. The Balaban J connectivity index is 0.00000208. The van der Waals surface area contributed by atoms with Crippen molar-refractivity contribution in [2.75, 3.05) is 5.75 Å². The van der Waals surface area contributed by atoms with Gasteiger partial charge in [-0.3, -0.25) is 0 Å². The summed E-state index contributed by atoms with van der Waals surface area (Å²) in [5, 5.41) is 0.690. The first-order chi connectivity index (χ1) is 11.0. The smallest absolute Gasteiger partial charge is 0.0790 e. The van der Waals surface area contributed by atoms with Crippen LogP contribution in [0.15, 0.2) is 30.3 Å². The first-order valence-electron chi connectivity index (χ1n) is 8.98. The molecule has 1 aromatic carbocycles. The third kappa shape index (κ3) is 3.19. The van der Waals surface area contributed by atoms with E-state index in [0.717, 1.165) is 10.9 Å². The zero-order valence-electron chi connectivity index (χ0n) is 14.4. The van der Waals surface area contributed by atoms with Gasteiger partial charge in [-0.2, -0.15) is 11.8 Å². The Morgan fingerprint density at radius 3 is 2.74 bits per heavy atom. The van der Waals surface area contributed by atoms with E-state index >= 15 is 0 Å². The molecule has 2 fully saturated rings. The minimum absolute atomic E-state index is 0. The van der Waals surface area contributed by atoms with Crippen molar-refractivity contribution in [3.63, 3.8) is 0 Å². The molecule has 3 heteroatoms. The zero-order chi connectivity index (χ0) is 16.5. The van der Waals surface area contributed by atoms with Gasteiger partial charge in [0.15, 0.2) is 0 Å². The molecule has 0 aromatic heterocycles. The number of nitrogens with two attached hydrogens (primary N) is 1.